The maximum absolute atomic E-state index is 10.4. The summed E-state index contributed by atoms with van der Waals surface area (Å²) in [4.78, 5) is 10.4. The highest BCUT2D eigenvalue weighted by atomic mass is 31.2. The Balaban J connectivity index is 3.44. The van der Waals surface area contributed by atoms with Crippen molar-refractivity contribution in [3.05, 3.63) is 29.3 Å². The lowest BCUT2D eigenvalue weighted by Gasteiger charge is -2.29. The van der Waals surface area contributed by atoms with E-state index in [1.165, 1.54) is 0 Å². The molecule has 0 heterocycles. The monoisotopic (exact) mass is 313 g/mol. The Hall–Kier alpha value is -0.630. The molecule has 0 aromatic heterocycles. The fraction of sp³-hybridized carbons (Fsp3) is 0.647. The third kappa shape index (κ3) is 4.95. The van der Waals surface area contributed by atoms with E-state index in [0.29, 0.717) is 6.61 Å². The summed E-state index contributed by atoms with van der Waals surface area (Å²) in [5.41, 5.74) is 2.05. The average molecular weight is 313 g/mol. The van der Waals surface area contributed by atoms with Crippen LogP contribution in [-0.4, -0.2) is 18.2 Å². The second kappa shape index (κ2) is 6.24. The van der Waals surface area contributed by atoms with Gasteiger partial charge in [0.15, 0.2) is 5.75 Å². The van der Waals surface area contributed by atoms with Crippen molar-refractivity contribution < 1.29 is 13.9 Å². The molecule has 21 heavy (non-hydrogen) atoms. The van der Waals surface area contributed by atoms with Crippen molar-refractivity contribution in [3.63, 3.8) is 0 Å². The standard InChI is InChI=1S/C17H30O3P/c1-9-19-21(8,18)20-15-13(16(2,3)4)11-10-12-14(15)17(5,6)7/h10-12,18H,9H2,1-8H3/q+1. The number of hydrogen-bond donors (Lipinski definition) is 1. The van der Waals surface area contributed by atoms with E-state index in [1.54, 1.807) is 6.66 Å². The number of para-hydroxylation sites is 1. The molecule has 1 aromatic carbocycles. The molecule has 0 amide bonds. The van der Waals surface area contributed by atoms with Crippen molar-refractivity contribution in [1.82, 2.24) is 0 Å². The van der Waals surface area contributed by atoms with Crippen molar-refractivity contribution in [2.24, 2.45) is 0 Å². The van der Waals surface area contributed by atoms with E-state index >= 15 is 0 Å². The predicted octanol–water partition coefficient (Wildman–Crippen LogP) is 5.08. The first-order valence-electron chi connectivity index (χ1n) is 7.46. The van der Waals surface area contributed by atoms with Gasteiger partial charge >= 0.3 is 7.94 Å². The van der Waals surface area contributed by atoms with Crippen LogP contribution < -0.4 is 4.52 Å². The first-order chi connectivity index (χ1) is 9.38. The van der Waals surface area contributed by atoms with Gasteiger partial charge in [-0.05, 0) is 17.8 Å². The molecule has 0 bridgehead atoms. The van der Waals surface area contributed by atoms with Crippen LogP contribution in [0.1, 0.15) is 59.6 Å². The summed E-state index contributed by atoms with van der Waals surface area (Å²) in [7, 11) is -2.86. The zero-order valence-electron chi connectivity index (χ0n) is 14.7. The van der Waals surface area contributed by atoms with Crippen molar-refractivity contribution in [1.29, 1.82) is 0 Å². The van der Waals surface area contributed by atoms with E-state index < -0.39 is 7.94 Å². The SMILES string of the molecule is CCO[P+](C)(O)Oc1c(C(C)(C)C)cccc1C(C)(C)C. The number of hydrogen-bond acceptors (Lipinski definition) is 3. The Morgan fingerprint density at radius 3 is 1.76 bits per heavy atom. The van der Waals surface area contributed by atoms with Crippen molar-refractivity contribution in [3.8, 4) is 5.75 Å². The highest BCUT2D eigenvalue weighted by Crippen LogP contribution is 2.55. The van der Waals surface area contributed by atoms with Crippen LogP contribution >= 0.6 is 7.94 Å². The van der Waals surface area contributed by atoms with Gasteiger partial charge in [0.2, 0.25) is 0 Å². The molecule has 4 heteroatoms. The lowest BCUT2D eigenvalue weighted by molar-refractivity contribution is 0.250. The quantitative estimate of drug-likeness (QED) is 0.788. The predicted molar refractivity (Wildman–Crippen MR) is 91.2 cm³/mol. The average Bonchev–Trinajstić information content (AvgIpc) is 2.25. The molecule has 1 rings (SSSR count). The second-order valence-corrected chi connectivity index (χ2v) is 9.54. The van der Waals surface area contributed by atoms with Crippen LogP contribution in [0.25, 0.3) is 0 Å². The Morgan fingerprint density at radius 2 is 1.43 bits per heavy atom. The Bertz CT molecular complexity index is 450. The van der Waals surface area contributed by atoms with Gasteiger partial charge in [-0.3, -0.25) is 4.52 Å². The molecule has 0 fully saturated rings. The minimum absolute atomic E-state index is 0.0667. The lowest BCUT2D eigenvalue weighted by atomic mass is 9.80. The maximum Gasteiger partial charge on any atom is 0.451 e. The highest BCUT2D eigenvalue weighted by molar-refractivity contribution is 7.60. The van der Waals surface area contributed by atoms with Gasteiger partial charge in [0.05, 0.1) is 6.61 Å². The van der Waals surface area contributed by atoms with Gasteiger partial charge in [0.25, 0.3) is 0 Å². The fourth-order valence-electron chi connectivity index (χ4n) is 2.25. The summed E-state index contributed by atoms with van der Waals surface area (Å²) >= 11 is 0. The zero-order chi connectivity index (χ0) is 16.5. The van der Waals surface area contributed by atoms with Crippen LogP contribution in [0.2, 0.25) is 0 Å². The molecule has 0 saturated carbocycles. The normalized spacial score (nSPS) is 15.7. The van der Waals surface area contributed by atoms with Gasteiger partial charge in [-0.2, -0.15) is 9.42 Å². The fourth-order valence-corrected chi connectivity index (χ4v) is 3.32. The molecule has 0 spiro atoms. The van der Waals surface area contributed by atoms with E-state index in [9.17, 15) is 4.89 Å². The Kier molecular flexibility index (Phi) is 5.47. The third-order valence-electron chi connectivity index (χ3n) is 3.26. The van der Waals surface area contributed by atoms with Crippen LogP contribution in [0, 0.1) is 0 Å². The summed E-state index contributed by atoms with van der Waals surface area (Å²) in [6, 6.07) is 6.19. The van der Waals surface area contributed by atoms with E-state index in [-0.39, 0.29) is 10.8 Å². The van der Waals surface area contributed by atoms with Crippen LogP contribution in [0.4, 0.5) is 0 Å². The first-order valence-corrected chi connectivity index (χ1v) is 9.48. The van der Waals surface area contributed by atoms with Crippen molar-refractivity contribution in [2.75, 3.05) is 13.3 Å². The van der Waals surface area contributed by atoms with Gasteiger partial charge < -0.3 is 0 Å². The minimum Gasteiger partial charge on any atom is -0.287 e. The minimum atomic E-state index is -2.86. The first kappa shape index (κ1) is 18.4. The number of benzene rings is 1. The van der Waals surface area contributed by atoms with Gasteiger partial charge in [0, 0.05) is 11.1 Å². The summed E-state index contributed by atoms with van der Waals surface area (Å²) < 4.78 is 11.4. The van der Waals surface area contributed by atoms with E-state index in [0.717, 1.165) is 16.9 Å². The molecule has 0 aliphatic rings. The van der Waals surface area contributed by atoms with E-state index in [4.69, 9.17) is 9.05 Å². The molecular formula is C17H30O3P+. The van der Waals surface area contributed by atoms with Crippen LogP contribution in [-0.2, 0) is 15.4 Å². The molecule has 1 N–H and O–H groups in total. The summed E-state index contributed by atoms with van der Waals surface area (Å²) in [6.45, 7) is 16.8. The zero-order valence-corrected chi connectivity index (χ0v) is 15.5. The molecule has 0 saturated heterocycles. The van der Waals surface area contributed by atoms with Gasteiger partial charge in [-0.1, -0.05) is 59.7 Å². The highest BCUT2D eigenvalue weighted by Gasteiger charge is 2.39. The number of rotatable bonds is 4. The molecule has 0 aliphatic heterocycles. The smallest absolute Gasteiger partial charge is 0.287 e. The van der Waals surface area contributed by atoms with E-state index in [1.807, 2.05) is 6.92 Å². The third-order valence-corrected chi connectivity index (χ3v) is 4.52. The van der Waals surface area contributed by atoms with Gasteiger partial charge in [-0.25, -0.2) is 0 Å². The van der Waals surface area contributed by atoms with Crippen molar-refractivity contribution in [2.45, 2.75) is 59.3 Å². The lowest BCUT2D eigenvalue weighted by Crippen LogP contribution is -2.20. The van der Waals surface area contributed by atoms with Crippen molar-refractivity contribution >= 4 is 7.94 Å². The molecule has 0 radical (unpaired) electrons. The summed E-state index contributed by atoms with van der Waals surface area (Å²) in [5.74, 6) is 0.768. The summed E-state index contributed by atoms with van der Waals surface area (Å²) in [5, 5.41) is 0. The molecule has 120 valence electrons. The Labute approximate surface area is 130 Å². The molecule has 1 atom stereocenters. The Morgan fingerprint density at radius 1 is 1.00 bits per heavy atom. The van der Waals surface area contributed by atoms with Crippen LogP contribution in [0.3, 0.4) is 0 Å². The molecule has 1 aromatic rings. The molecule has 0 aliphatic carbocycles. The van der Waals surface area contributed by atoms with Crippen LogP contribution in [0.5, 0.6) is 5.75 Å². The van der Waals surface area contributed by atoms with Crippen LogP contribution in [0.15, 0.2) is 18.2 Å². The topological polar surface area (TPSA) is 38.7 Å². The maximum atomic E-state index is 10.4. The summed E-state index contributed by atoms with van der Waals surface area (Å²) in [6.07, 6.45) is 0. The van der Waals surface area contributed by atoms with Gasteiger partial charge in [0.1, 0.15) is 6.66 Å². The molecule has 3 nitrogen and oxygen atoms in total. The largest absolute Gasteiger partial charge is 0.451 e. The second-order valence-electron chi connectivity index (χ2n) is 7.49. The van der Waals surface area contributed by atoms with Gasteiger partial charge in [-0.15, -0.1) is 0 Å². The van der Waals surface area contributed by atoms with E-state index in [2.05, 4.69) is 59.7 Å². The molecule has 1 unspecified atom stereocenters. The molecular weight excluding hydrogens is 283 g/mol.